The molecular formula is C29H31N5O3. The third-order valence-electron chi connectivity index (χ3n) is 5.97. The summed E-state index contributed by atoms with van der Waals surface area (Å²) < 4.78 is 7.03. The van der Waals surface area contributed by atoms with Crippen molar-refractivity contribution in [1.29, 1.82) is 0 Å². The number of ether oxygens (including phenoxy) is 1. The molecule has 0 aliphatic heterocycles. The molecule has 4 rings (SSSR count). The maximum atomic E-state index is 13.2. The molecule has 190 valence electrons. The molecule has 3 N–H and O–H groups in total. The summed E-state index contributed by atoms with van der Waals surface area (Å²) >= 11 is 0. The number of hydrogen-bond acceptors (Lipinski definition) is 5. The number of amides is 2. The first-order valence-corrected chi connectivity index (χ1v) is 12.1. The molecule has 37 heavy (non-hydrogen) atoms. The highest BCUT2D eigenvalue weighted by atomic mass is 16.5. The van der Waals surface area contributed by atoms with Crippen molar-refractivity contribution in [3.63, 3.8) is 0 Å². The number of aromatic nitrogens is 2. The number of anilines is 2. The second kappa shape index (κ2) is 11.4. The van der Waals surface area contributed by atoms with Crippen LogP contribution in [0.2, 0.25) is 0 Å². The summed E-state index contributed by atoms with van der Waals surface area (Å²) in [5, 5.41) is 2.91. The Balaban J connectivity index is 1.53. The van der Waals surface area contributed by atoms with Crippen LogP contribution in [0.4, 0.5) is 11.6 Å². The molecule has 0 bridgehead atoms. The van der Waals surface area contributed by atoms with Gasteiger partial charge in [0.05, 0.1) is 24.9 Å². The Bertz CT molecular complexity index is 1370. The number of para-hydroxylation sites is 1. The highest BCUT2D eigenvalue weighted by Crippen LogP contribution is 2.25. The molecule has 2 amide bonds. The molecule has 8 heteroatoms. The van der Waals surface area contributed by atoms with Crippen molar-refractivity contribution < 1.29 is 14.3 Å². The fourth-order valence-corrected chi connectivity index (χ4v) is 4.05. The number of nitrogens with two attached hydrogens (primary N) is 1. The van der Waals surface area contributed by atoms with Crippen molar-refractivity contribution in [2.75, 3.05) is 24.7 Å². The van der Waals surface area contributed by atoms with Crippen molar-refractivity contribution in [3.05, 3.63) is 90.6 Å². The molecule has 0 saturated heterocycles. The lowest BCUT2D eigenvalue weighted by atomic mass is 10.1. The molecule has 4 aromatic rings. The predicted molar refractivity (Wildman–Crippen MR) is 146 cm³/mol. The third-order valence-corrected chi connectivity index (χ3v) is 5.97. The molecule has 3 aromatic carbocycles. The minimum atomic E-state index is -0.335. The summed E-state index contributed by atoms with van der Waals surface area (Å²) in [5.41, 5.74) is 9.73. The first-order valence-electron chi connectivity index (χ1n) is 12.1. The number of methoxy groups -OCH3 is 1. The van der Waals surface area contributed by atoms with E-state index in [1.807, 2.05) is 85.3 Å². The van der Waals surface area contributed by atoms with E-state index >= 15 is 0 Å². The molecule has 0 aliphatic carbocycles. The van der Waals surface area contributed by atoms with Gasteiger partial charge < -0.3 is 15.4 Å². The molecule has 0 aliphatic rings. The molecule has 0 spiro atoms. The lowest BCUT2D eigenvalue weighted by Crippen LogP contribution is -2.43. The van der Waals surface area contributed by atoms with E-state index in [0.717, 1.165) is 22.5 Å². The van der Waals surface area contributed by atoms with Gasteiger partial charge in [0, 0.05) is 23.5 Å². The van der Waals surface area contributed by atoms with Crippen LogP contribution in [0.5, 0.6) is 5.75 Å². The van der Waals surface area contributed by atoms with Gasteiger partial charge in [-0.05, 0) is 43.7 Å². The van der Waals surface area contributed by atoms with Gasteiger partial charge in [0.25, 0.3) is 0 Å². The first-order chi connectivity index (χ1) is 17.9. The van der Waals surface area contributed by atoms with Crippen LogP contribution < -0.4 is 15.8 Å². The van der Waals surface area contributed by atoms with Crippen molar-refractivity contribution in [2.24, 2.45) is 0 Å². The molecule has 0 atom stereocenters. The molecular weight excluding hydrogens is 466 g/mol. The van der Waals surface area contributed by atoms with Gasteiger partial charge in [-0.15, -0.1) is 0 Å². The average molecular weight is 498 g/mol. The standard InChI is InChI=1S/C29H31N5O3/c1-20(2)33(28(36)17-21-14-15-26(37-3)24(30)16-21)19-27(35)32-29-31-25(22-10-6-4-7-11-22)18-34(29)23-12-8-5-9-13-23/h4-16,18,20H,17,19,30H2,1-3H3,(H,31,32,35). The summed E-state index contributed by atoms with van der Waals surface area (Å²) in [6, 6.07) is 24.5. The fraction of sp³-hybridized carbons (Fsp3) is 0.207. The number of imidazole rings is 1. The van der Waals surface area contributed by atoms with Gasteiger partial charge in [0.2, 0.25) is 17.8 Å². The maximum Gasteiger partial charge on any atom is 0.246 e. The Morgan fingerprint density at radius 1 is 1.03 bits per heavy atom. The first kappa shape index (κ1) is 25.5. The second-order valence-electron chi connectivity index (χ2n) is 8.94. The Hall–Kier alpha value is -4.59. The molecule has 8 nitrogen and oxygen atoms in total. The van der Waals surface area contributed by atoms with Crippen molar-refractivity contribution in [3.8, 4) is 22.7 Å². The summed E-state index contributed by atoms with van der Waals surface area (Å²) in [4.78, 5) is 32.5. The monoisotopic (exact) mass is 497 g/mol. The zero-order valence-electron chi connectivity index (χ0n) is 21.2. The number of nitrogens with zero attached hydrogens (tertiary/aromatic N) is 3. The molecule has 0 radical (unpaired) electrons. The molecule has 0 fully saturated rings. The van der Waals surface area contributed by atoms with Crippen molar-refractivity contribution >= 4 is 23.5 Å². The maximum absolute atomic E-state index is 13.2. The summed E-state index contributed by atoms with van der Waals surface area (Å²) in [6.45, 7) is 3.66. The van der Waals surface area contributed by atoms with E-state index in [-0.39, 0.29) is 30.8 Å². The van der Waals surface area contributed by atoms with E-state index in [1.54, 1.807) is 30.2 Å². The lowest BCUT2D eigenvalue weighted by Gasteiger charge is -2.26. The minimum absolute atomic E-state index is 0.107. The van der Waals surface area contributed by atoms with Gasteiger partial charge in [-0.2, -0.15) is 0 Å². The van der Waals surface area contributed by atoms with E-state index < -0.39 is 0 Å². The molecule has 0 unspecified atom stereocenters. The highest BCUT2D eigenvalue weighted by molar-refractivity contribution is 5.94. The van der Waals surface area contributed by atoms with Gasteiger partial charge in [-0.3, -0.25) is 19.5 Å². The number of nitrogen functional groups attached to an aromatic ring is 1. The number of carbonyl (C=O) groups is 2. The third kappa shape index (κ3) is 6.16. The van der Waals surface area contributed by atoms with Crippen molar-refractivity contribution in [1.82, 2.24) is 14.5 Å². The van der Waals surface area contributed by atoms with Gasteiger partial charge in [-0.25, -0.2) is 4.98 Å². The van der Waals surface area contributed by atoms with Crippen LogP contribution in [0.3, 0.4) is 0 Å². The Morgan fingerprint density at radius 2 is 1.70 bits per heavy atom. The van der Waals surface area contributed by atoms with E-state index in [9.17, 15) is 9.59 Å². The number of carbonyl (C=O) groups excluding carboxylic acids is 2. The van der Waals surface area contributed by atoms with Gasteiger partial charge in [0.15, 0.2) is 0 Å². The van der Waals surface area contributed by atoms with Crippen LogP contribution >= 0.6 is 0 Å². The molecule has 1 heterocycles. The van der Waals surface area contributed by atoms with E-state index in [0.29, 0.717) is 17.4 Å². The largest absolute Gasteiger partial charge is 0.495 e. The zero-order valence-corrected chi connectivity index (χ0v) is 21.2. The van der Waals surface area contributed by atoms with Crippen molar-refractivity contribution in [2.45, 2.75) is 26.3 Å². The topological polar surface area (TPSA) is 102 Å². The van der Waals surface area contributed by atoms with E-state index in [1.165, 1.54) is 0 Å². The second-order valence-corrected chi connectivity index (χ2v) is 8.94. The van der Waals surface area contributed by atoms with Crippen LogP contribution in [0.1, 0.15) is 19.4 Å². The number of nitrogens with one attached hydrogen (secondary N) is 1. The number of hydrogen-bond donors (Lipinski definition) is 2. The predicted octanol–water partition coefficient (Wildman–Crippen LogP) is 4.55. The van der Waals surface area contributed by atoms with Gasteiger partial charge in [-0.1, -0.05) is 54.6 Å². The number of rotatable bonds is 9. The summed E-state index contributed by atoms with van der Waals surface area (Å²) in [5.74, 6) is 0.430. The highest BCUT2D eigenvalue weighted by Gasteiger charge is 2.22. The molecule has 0 saturated carbocycles. The summed E-state index contributed by atoms with van der Waals surface area (Å²) in [6.07, 6.45) is 2.01. The van der Waals surface area contributed by atoms with Crippen LogP contribution in [0, 0.1) is 0 Å². The van der Waals surface area contributed by atoms with E-state index in [4.69, 9.17) is 10.5 Å². The Morgan fingerprint density at radius 3 is 2.32 bits per heavy atom. The minimum Gasteiger partial charge on any atom is -0.495 e. The Labute approximate surface area is 216 Å². The molecule has 1 aromatic heterocycles. The quantitative estimate of drug-likeness (QED) is 0.330. The van der Waals surface area contributed by atoms with Gasteiger partial charge >= 0.3 is 0 Å². The van der Waals surface area contributed by atoms with Crippen LogP contribution in [0.25, 0.3) is 16.9 Å². The van der Waals surface area contributed by atoms with E-state index in [2.05, 4.69) is 10.3 Å². The number of benzene rings is 3. The smallest absolute Gasteiger partial charge is 0.246 e. The van der Waals surface area contributed by atoms with Crippen LogP contribution in [-0.2, 0) is 16.0 Å². The Kier molecular flexibility index (Phi) is 7.88. The van der Waals surface area contributed by atoms with Gasteiger partial charge in [0.1, 0.15) is 12.3 Å². The zero-order chi connectivity index (χ0) is 26.4. The van der Waals surface area contributed by atoms with Crippen LogP contribution in [0.15, 0.2) is 85.1 Å². The lowest BCUT2D eigenvalue weighted by molar-refractivity contribution is -0.135. The average Bonchev–Trinajstić information content (AvgIpc) is 3.32. The van der Waals surface area contributed by atoms with Crippen LogP contribution in [-0.4, -0.2) is 46.0 Å². The summed E-state index contributed by atoms with van der Waals surface area (Å²) in [7, 11) is 1.54. The fourth-order valence-electron chi connectivity index (χ4n) is 4.05. The SMILES string of the molecule is COc1ccc(CC(=O)N(CC(=O)Nc2nc(-c3ccccc3)cn2-c2ccccc2)C(C)C)cc1N. The normalized spacial score (nSPS) is 10.8.